The number of nitrogens with two attached hydrogens (primary N) is 1. The molecule has 0 saturated carbocycles. The molecule has 118 valence electrons. The summed E-state index contributed by atoms with van der Waals surface area (Å²) >= 11 is 0. The Morgan fingerprint density at radius 1 is 1.04 bits per heavy atom. The summed E-state index contributed by atoms with van der Waals surface area (Å²) < 4.78 is 2.25. The SMILES string of the molecule is CCC(c1ccc(N)cc1)c1cncn1Cc1ccc(C)cc1. The van der Waals surface area contributed by atoms with Gasteiger partial charge in [0.05, 0.1) is 6.33 Å². The van der Waals surface area contributed by atoms with E-state index in [4.69, 9.17) is 5.73 Å². The van der Waals surface area contributed by atoms with Gasteiger partial charge in [-0.05, 0) is 36.6 Å². The first-order valence-electron chi connectivity index (χ1n) is 8.08. The fraction of sp³-hybridized carbons (Fsp3) is 0.250. The van der Waals surface area contributed by atoms with Gasteiger partial charge in [0, 0.05) is 30.0 Å². The molecule has 3 heteroatoms. The van der Waals surface area contributed by atoms with Gasteiger partial charge in [0.2, 0.25) is 0 Å². The van der Waals surface area contributed by atoms with Crippen LogP contribution in [0.4, 0.5) is 5.69 Å². The Labute approximate surface area is 137 Å². The quantitative estimate of drug-likeness (QED) is 0.712. The van der Waals surface area contributed by atoms with Crippen molar-refractivity contribution in [3.05, 3.63) is 83.4 Å². The van der Waals surface area contributed by atoms with Gasteiger partial charge >= 0.3 is 0 Å². The van der Waals surface area contributed by atoms with E-state index in [0.717, 1.165) is 18.7 Å². The summed E-state index contributed by atoms with van der Waals surface area (Å²) in [7, 11) is 0. The second kappa shape index (κ2) is 6.69. The maximum Gasteiger partial charge on any atom is 0.0951 e. The third kappa shape index (κ3) is 3.45. The van der Waals surface area contributed by atoms with E-state index in [1.54, 1.807) is 0 Å². The molecule has 3 rings (SSSR count). The minimum absolute atomic E-state index is 0.337. The van der Waals surface area contributed by atoms with Crippen LogP contribution in [0.25, 0.3) is 0 Å². The van der Waals surface area contributed by atoms with Crippen molar-refractivity contribution in [1.82, 2.24) is 9.55 Å². The third-order valence-electron chi connectivity index (χ3n) is 4.32. The number of rotatable bonds is 5. The van der Waals surface area contributed by atoms with Gasteiger partial charge in [-0.15, -0.1) is 0 Å². The van der Waals surface area contributed by atoms with Gasteiger partial charge in [0.15, 0.2) is 0 Å². The zero-order valence-corrected chi connectivity index (χ0v) is 13.7. The van der Waals surface area contributed by atoms with Crippen molar-refractivity contribution >= 4 is 5.69 Å². The molecule has 2 aromatic carbocycles. The second-order valence-electron chi connectivity index (χ2n) is 6.06. The minimum Gasteiger partial charge on any atom is -0.399 e. The molecule has 23 heavy (non-hydrogen) atoms. The van der Waals surface area contributed by atoms with Crippen molar-refractivity contribution in [3.63, 3.8) is 0 Å². The van der Waals surface area contributed by atoms with Crippen LogP contribution in [0.3, 0.4) is 0 Å². The standard InChI is InChI=1S/C20H23N3/c1-3-19(17-8-10-18(21)11-9-17)20-12-22-14-23(20)13-16-6-4-15(2)5-7-16/h4-12,14,19H,3,13,21H2,1-2H3. The van der Waals surface area contributed by atoms with Gasteiger partial charge in [-0.2, -0.15) is 0 Å². The van der Waals surface area contributed by atoms with Crippen LogP contribution in [0.5, 0.6) is 0 Å². The van der Waals surface area contributed by atoms with Gasteiger partial charge < -0.3 is 10.3 Å². The molecule has 0 saturated heterocycles. The Bertz CT molecular complexity index is 754. The number of anilines is 1. The minimum atomic E-state index is 0.337. The molecule has 1 unspecified atom stereocenters. The molecule has 0 amide bonds. The summed E-state index contributed by atoms with van der Waals surface area (Å²) in [5, 5.41) is 0. The maximum atomic E-state index is 5.81. The predicted octanol–water partition coefficient (Wildman–Crippen LogP) is 4.36. The van der Waals surface area contributed by atoms with E-state index in [1.807, 2.05) is 24.7 Å². The molecule has 2 N–H and O–H groups in total. The summed E-state index contributed by atoms with van der Waals surface area (Å²) in [6, 6.07) is 16.9. The first kappa shape index (κ1) is 15.3. The molecule has 0 bridgehead atoms. The van der Waals surface area contributed by atoms with Gasteiger partial charge in [-0.3, -0.25) is 0 Å². The van der Waals surface area contributed by atoms with Crippen molar-refractivity contribution < 1.29 is 0 Å². The molecule has 1 heterocycles. The van der Waals surface area contributed by atoms with Gasteiger partial charge in [-0.1, -0.05) is 48.9 Å². The topological polar surface area (TPSA) is 43.8 Å². The van der Waals surface area contributed by atoms with Crippen molar-refractivity contribution in [2.75, 3.05) is 5.73 Å². The van der Waals surface area contributed by atoms with Crippen molar-refractivity contribution in [2.24, 2.45) is 0 Å². The van der Waals surface area contributed by atoms with E-state index in [-0.39, 0.29) is 0 Å². The van der Waals surface area contributed by atoms with Crippen LogP contribution in [0.15, 0.2) is 61.1 Å². The number of hydrogen-bond acceptors (Lipinski definition) is 2. The predicted molar refractivity (Wildman–Crippen MR) is 95.5 cm³/mol. The average Bonchev–Trinajstić information content (AvgIpc) is 3.00. The Kier molecular flexibility index (Phi) is 4.47. The van der Waals surface area contributed by atoms with E-state index >= 15 is 0 Å². The van der Waals surface area contributed by atoms with Crippen LogP contribution in [-0.4, -0.2) is 9.55 Å². The van der Waals surface area contributed by atoms with Crippen LogP contribution < -0.4 is 5.73 Å². The summed E-state index contributed by atoms with van der Waals surface area (Å²) in [4.78, 5) is 4.39. The van der Waals surface area contributed by atoms with Crippen molar-refractivity contribution in [2.45, 2.75) is 32.7 Å². The number of benzene rings is 2. The molecular formula is C20H23N3. The largest absolute Gasteiger partial charge is 0.399 e. The average molecular weight is 305 g/mol. The lowest BCUT2D eigenvalue weighted by atomic mass is 9.93. The van der Waals surface area contributed by atoms with E-state index < -0.39 is 0 Å². The fourth-order valence-electron chi connectivity index (χ4n) is 2.99. The Morgan fingerprint density at radius 2 is 1.74 bits per heavy atom. The molecule has 0 aliphatic rings. The highest BCUT2D eigenvalue weighted by atomic mass is 15.0. The molecule has 3 aromatic rings. The van der Waals surface area contributed by atoms with Crippen LogP contribution in [0.1, 0.15) is 41.6 Å². The molecule has 1 atom stereocenters. The zero-order chi connectivity index (χ0) is 16.2. The monoisotopic (exact) mass is 305 g/mol. The number of nitrogen functional groups attached to an aromatic ring is 1. The molecule has 0 spiro atoms. The van der Waals surface area contributed by atoms with Gasteiger partial charge in [0.1, 0.15) is 0 Å². The van der Waals surface area contributed by atoms with Crippen LogP contribution in [-0.2, 0) is 6.54 Å². The van der Waals surface area contributed by atoms with E-state index in [2.05, 4.69) is 59.8 Å². The molecule has 1 aromatic heterocycles. The molecule has 0 aliphatic heterocycles. The van der Waals surface area contributed by atoms with Crippen molar-refractivity contribution in [1.29, 1.82) is 0 Å². The molecule has 0 fully saturated rings. The van der Waals surface area contributed by atoms with Crippen LogP contribution in [0, 0.1) is 6.92 Å². The molecule has 0 radical (unpaired) electrons. The third-order valence-corrected chi connectivity index (χ3v) is 4.32. The lowest BCUT2D eigenvalue weighted by Crippen LogP contribution is -2.09. The van der Waals surface area contributed by atoms with Gasteiger partial charge in [0.25, 0.3) is 0 Å². The molecular weight excluding hydrogens is 282 g/mol. The molecule has 0 aliphatic carbocycles. The van der Waals surface area contributed by atoms with Crippen LogP contribution >= 0.6 is 0 Å². The molecule has 3 nitrogen and oxygen atoms in total. The van der Waals surface area contributed by atoms with Gasteiger partial charge in [-0.25, -0.2) is 4.98 Å². The van der Waals surface area contributed by atoms with E-state index in [0.29, 0.717) is 5.92 Å². The smallest absolute Gasteiger partial charge is 0.0951 e. The van der Waals surface area contributed by atoms with Crippen molar-refractivity contribution in [3.8, 4) is 0 Å². The highest BCUT2D eigenvalue weighted by Crippen LogP contribution is 2.28. The number of imidazole rings is 1. The Balaban J connectivity index is 1.89. The lowest BCUT2D eigenvalue weighted by molar-refractivity contribution is 0.665. The Hall–Kier alpha value is -2.55. The fourth-order valence-corrected chi connectivity index (χ4v) is 2.99. The summed E-state index contributed by atoms with van der Waals surface area (Å²) in [5.41, 5.74) is 11.7. The van der Waals surface area contributed by atoms with E-state index in [1.165, 1.54) is 22.4 Å². The summed E-state index contributed by atoms with van der Waals surface area (Å²) in [5.74, 6) is 0.337. The number of nitrogens with zero attached hydrogens (tertiary/aromatic N) is 2. The number of hydrogen-bond donors (Lipinski definition) is 1. The normalized spacial score (nSPS) is 12.3. The maximum absolute atomic E-state index is 5.81. The summed E-state index contributed by atoms with van der Waals surface area (Å²) in [6.07, 6.45) is 4.94. The first-order chi connectivity index (χ1) is 11.2. The number of aryl methyl sites for hydroxylation is 1. The lowest BCUT2D eigenvalue weighted by Gasteiger charge is -2.18. The zero-order valence-electron chi connectivity index (χ0n) is 13.7. The van der Waals surface area contributed by atoms with Crippen LogP contribution in [0.2, 0.25) is 0 Å². The first-order valence-corrected chi connectivity index (χ1v) is 8.08. The van der Waals surface area contributed by atoms with E-state index in [9.17, 15) is 0 Å². The summed E-state index contributed by atoms with van der Waals surface area (Å²) in [6.45, 7) is 5.17. The Morgan fingerprint density at radius 3 is 2.39 bits per heavy atom. The highest BCUT2D eigenvalue weighted by Gasteiger charge is 2.16. The highest BCUT2D eigenvalue weighted by molar-refractivity contribution is 5.42. The second-order valence-corrected chi connectivity index (χ2v) is 6.06. The number of aromatic nitrogens is 2.